The van der Waals surface area contributed by atoms with Crippen molar-refractivity contribution in [2.45, 2.75) is 19.8 Å². The summed E-state index contributed by atoms with van der Waals surface area (Å²) in [6.07, 6.45) is 4.06. The van der Waals surface area contributed by atoms with E-state index in [0.717, 1.165) is 42.8 Å². The molecule has 0 unspecified atom stereocenters. The van der Waals surface area contributed by atoms with Crippen LogP contribution in [0.1, 0.15) is 30.3 Å². The number of likely N-dealkylation sites (tertiary alicyclic amines) is 1. The van der Waals surface area contributed by atoms with Gasteiger partial charge in [0.05, 0.1) is 5.69 Å². The van der Waals surface area contributed by atoms with Crippen LogP contribution in [0, 0.1) is 11.7 Å². The molecule has 4 rings (SSSR count). The Morgan fingerprint density at radius 2 is 2.00 bits per heavy atom. The predicted octanol–water partition coefficient (Wildman–Crippen LogP) is 4.01. The van der Waals surface area contributed by atoms with E-state index in [1.54, 1.807) is 12.1 Å². The van der Waals surface area contributed by atoms with Gasteiger partial charge in [-0.3, -0.25) is 9.20 Å². The highest BCUT2D eigenvalue weighted by molar-refractivity contribution is 5.99. The lowest BCUT2D eigenvalue weighted by Crippen LogP contribution is -2.39. The highest BCUT2D eigenvalue weighted by Crippen LogP contribution is 2.28. The third-order valence-electron chi connectivity index (χ3n) is 4.79. The molecule has 1 saturated heterocycles. The smallest absolute Gasteiger partial charge is 0.274 e. The largest absolute Gasteiger partial charge is 0.337 e. The predicted molar refractivity (Wildman–Crippen MR) is 94.9 cm³/mol. The summed E-state index contributed by atoms with van der Waals surface area (Å²) in [7, 11) is 0. The molecule has 1 aromatic carbocycles. The van der Waals surface area contributed by atoms with Crippen LogP contribution in [0.3, 0.4) is 0 Å². The number of hydrogen-bond donors (Lipinski definition) is 0. The van der Waals surface area contributed by atoms with Crippen LogP contribution in [0.4, 0.5) is 4.39 Å². The number of piperidine rings is 1. The molecule has 25 heavy (non-hydrogen) atoms. The number of pyridine rings is 1. The second-order valence-corrected chi connectivity index (χ2v) is 6.74. The lowest BCUT2D eigenvalue weighted by molar-refractivity contribution is 0.0678. The monoisotopic (exact) mass is 337 g/mol. The number of imidazole rings is 1. The average Bonchev–Trinajstić information content (AvgIpc) is 3.01. The minimum Gasteiger partial charge on any atom is -0.337 e. The van der Waals surface area contributed by atoms with Crippen molar-refractivity contribution in [2.75, 3.05) is 13.1 Å². The van der Waals surface area contributed by atoms with Crippen molar-refractivity contribution in [1.82, 2.24) is 14.3 Å². The molecule has 128 valence electrons. The first-order valence-electron chi connectivity index (χ1n) is 8.66. The molecule has 1 atom stereocenters. The van der Waals surface area contributed by atoms with Gasteiger partial charge in [-0.05, 0) is 55.2 Å². The van der Waals surface area contributed by atoms with Gasteiger partial charge >= 0.3 is 0 Å². The van der Waals surface area contributed by atoms with Crippen LogP contribution < -0.4 is 0 Å². The SMILES string of the molecule is C[C@H]1CCCN(C(=O)c2nc3ccccn3c2-c2ccc(F)cc2)C1. The van der Waals surface area contributed by atoms with Crippen LogP contribution in [0.5, 0.6) is 0 Å². The fraction of sp³-hybridized carbons (Fsp3) is 0.300. The number of amides is 1. The molecule has 2 aromatic heterocycles. The maximum atomic E-state index is 13.3. The third kappa shape index (κ3) is 2.90. The molecule has 3 heterocycles. The standard InChI is InChI=1S/C20H20FN3O/c1-14-5-4-11-23(13-14)20(25)18-19(15-7-9-16(21)10-8-15)24-12-3-2-6-17(24)22-18/h2-3,6-10,12,14H,4-5,11,13H2,1H3/t14-/m0/s1. The third-order valence-corrected chi connectivity index (χ3v) is 4.79. The molecule has 1 fully saturated rings. The summed E-state index contributed by atoms with van der Waals surface area (Å²) < 4.78 is 15.2. The van der Waals surface area contributed by atoms with Crippen molar-refractivity contribution in [1.29, 1.82) is 0 Å². The highest BCUT2D eigenvalue weighted by atomic mass is 19.1. The second-order valence-electron chi connectivity index (χ2n) is 6.74. The number of carbonyl (C=O) groups excluding carboxylic acids is 1. The van der Waals surface area contributed by atoms with E-state index in [9.17, 15) is 9.18 Å². The molecule has 0 aliphatic carbocycles. The maximum Gasteiger partial charge on any atom is 0.274 e. The topological polar surface area (TPSA) is 37.6 Å². The molecule has 0 spiro atoms. The van der Waals surface area contributed by atoms with Crippen LogP contribution in [0.15, 0.2) is 48.7 Å². The molecule has 0 N–H and O–H groups in total. The Kier molecular flexibility index (Phi) is 3.99. The first-order chi connectivity index (χ1) is 12.1. The lowest BCUT2D eigenvalue weighted by Gasteiger charge is -2.30. The van der Waals surface area contributed by atoms with Gasteiger partial charge in [-0.1, -0.05) is 13.0 Å². The first kappa shape index (κ1) is 15.8. The maximum absolute atomic E-state index is 13.3. The first-order valence-corrected chi connectivity index (χ1v) is 8.66. The normalized spacial score (nSPS) is 17.8. The van der Waals surface area contributed by atoms with Gasteiger partial charge in [0.15, 0.2) is 5.69 Å². The van der Waals surface area contributed by atoms with Crippen molar-refractivity contribution in [3.05, 3.63) is 60.2 Å². The van der Waals surface area contributed by atoms with Crippen molar-refractivity contribution in [3.8, 4) is 11.3 Å². The van der Waals surface area contributed by atoms with E-state index in [1.807, 2.05) is 33.7 Å². The van der Waals surface area contributed by atoms with Gasteiger partial charge in [0.2, 0.25) is 0 Å². The molecule has 0 saturated carbocycles. The number of halogens is 1. The minimum atomic E-state index is -0.296. The summed E-state index contributed by atoms with van der Waals surface area (Å²) in [6.45, 7) is 3.69. The number of aromatic nitrogens is 2. The number of hydrogen-bond acceptors (Lipinski definition) is 2. The molecule has 5 heteroatoms. The molecule has 1 amide bonds. The summed E-state index contributed by atoms with van der Waals surface area (Å²) in [6, 6.07) is 11.9. The van der Waals surface area contributed by atoms with Crippen LogP contribution in [0.2, 0.25) is 0 Å². The van der Waals surface area contributed by atoms with Gasteiger partial charge in [0.1, 0.15) is 11.5 Å². The van der Waals surface area contributed by atoms with E-state index in [1.165, 1.54) is 12.1 Å². The van der Waals surface area contributed by atoms with E-state index < -0.39 is 0 Å². The zero-order valence-electron chi connectivity index (χ0n) is 14.2. The number of rotatable bonds is 2. The van der Waals surface area contributed by atoms with Gasteiger partial charge in [0.25, 0.3) is 5.91 Å². The number of benzene rings is 1. The minimum absolute atomic E-state index is 0.0467. The van der Waals surface area contributed by atoms with Crippen LogP contribution in [0.25, 0.3) is 16.9 Å². The zero-order valence-corrected chi connectivity index (χ0v) is 14.2. The zero-order chi connectivity index (χ0) is 17.4. The Morgan fingerprint density at radius 1 is 1.20 bits per heavy atom. The van der Waals surface area contributed by atoms with Crippen molar-refractivity contribution < 1.29 is 9.18 Å². The number of carbonyl (C=O) groups is 1. The van der Waals surface area contributed by atoms with Crippen molar-refractivity contribution in [3.63, 3.8) is 0 Å². The Hall–Kier alpha value is -2.69. The lowest BCUT2D eigenvalue weighted by atomic mass is 9.99. The van der Waals surface area contributed by atoms with E-state index in [2.05, 4.69) is 11.9 Å². The van der Waals surface area contributed by atoms with Crippen molar-refractivity contribution >= 4 is 11.6 Å². The van der Waals surface area contributed by atoms with Gasteiger partial charge in [-0.25, -0.2) is 9.37 Å². The van der Waals surface area contributed by atoms with E-state index in [4.69, 9.17) is 0 Å². The van der Waals surface area contributed by atoms with Gasteiger partial charge in [0, 0.05) is 24.8 Å². The molecular weight excluding hydrogens is 317 g/mol. The van der Waals surface area contributed by atoms with E-state index in [0.29, 0.717) is 11.6 Å². The average molecular weight is 337 g/mol. The van der Waals surface area contributed by atoms with E-state index in [-0.39, 0.29) is 11.7 Å². The molecular formula is C20H20FN3O. The fourth-order valence-electron chi connectivity index (χ4n) is 3.55. The van der Waals surface area contributed by atoms with Crippen LogP contribution >= 0.6 is 0 Å². The van der Waals surface area contributed by atoms with Crippen LogP contribution in [-0.4, -0.2) is 33.3 Å². The molecule has 3 aromatic rings. The van der Waals surface area contributed by atoms with Gasteiger partial charge < -0.3 is 4.90 Å². The summed E-state index contributed by atoms with van der Waals surface area (Å²) in [4.78, 5) is 19.6. The van der Waals surface area contributed by atoms with Gasteiger partial charge in [-0.15, -0.1) is 0 Å². The summed E-state index contributed by atoms with van der Waals surface area (Å²) >= 11 is 0. The quantitative estimate of drug-likeness (QED) is 0.708. The molecule has 4 nitrogen and oxygen atoms in total. The fourth-order valence-corrected chi connectivity index (χ4v) is 3.55. The Labute approximate surface area is 145 Å². The van der Waals surface area contributed by atoms with Crippen LogP contribution in [-0.2, 0) is 0 Å². The Balaban J connectivity index is 1.84. The molecule has 0 radical (unpaired) electrons. The summed E-state index contributed by atoms with van der Waals surface area (Å²) in [5, 5.41) is 0. The molecule has 0 bridgehead atoms. The number of fused-ring (bicyclic) bond motifs is 1. The summed E-state index contributed by atoms with van der Waals surface area (Å²) in [5.74, 6) is 0.161. The van der Waals surface area contributed by atoms with E-state index >= 15 is 0 Å². The number of nitrogens with zero attached hydrogens (tertiary/aromatic N) is 3. The molecule has 1 aliphatic heterocycles. The van der Waals surface area contributed by atoms with Crippen molar-refractivity contribution in [2.24, 2.45) is 5.92 Å². The van der Waals surface area contributed by atoms with Gasteiger partial charge in [-0.2, -0.15) is 0 Å². The second kappa shape index (κ2) is 6.31. The Morgan fingerprint density at radius 3 is 2.76 bits per heavy atom. The Bertz CT molecular complexity index is 916. The highest BCUT2D eigenvalue weighted by Gasteiger charge is 2.27. The summed E-state index contributed by atoms with van der Waals surface area (Å²) in [5.41, 5.74) is 2.66. The molecule has 1 aliphatic rings.